The maximum absolute atomic E-state index is 13.4. The van der Waals surface area contributed by atoms with Crippen molar-refractivity contribution in [1.29, 1.82) is 0 Å². The number of aliphatic hydroxyl groups is 1. The Morgan fingerprint density at radius 3 is 2.48 bits per heavy atom. The maximum Gasteiger partial charge on any atom is 0.258 e. The molecule has 0 bridgehead atoms. The summed E-state index contributed by atoms with van der Waals surface area (Å²) in [7, 11) is 0. The molecule has 0 aromatic heterocycles. The highest BCUT2D eigenvalue weighted by atomic mass is 19.1. The van der Waals surface area contributed by atoms with Gasteiger partial charge in [-0.2, -0.15) is 0 Å². The van der Waals surface area contributed by atoms with Crippen LogP contribution in [-0.2, 0) is 17.9 Å². The van der Waals surface area contributed by atoms with Gasteiger partial charge in [-0.25, -0.2) is 4.39 Å². The van der Waals surface area contributed by atoms with E-state index in [1.165, 1.54) is 6.07 Å². The standard InChI is InChI=1S/C16H16FNO3/c17-14-7-3-1-5-12(14)9-18-16(20)11-21-15-8-4-2-6-13(15)10-19/h1-8,19H,9-11H2,(H,18,20). The summed E-state index contributed by atoms with van der Waals surface area (Å²) in [5, 5.41) is 11.7. The van der Waals surface area contributed by atoms with E-state index in [0.717, 1.165) is 0 Å². The van der Waals surface area contributed by atoms with Crippen LogP contribution >= 0.6 is 0 Å². The molecule has 2 aromatic carbocycles. The van der Waals surface area contributed by atoms with Gasteiger partial charge in [-0.3, -0.25) is 4.79 Å². The number of carbonyl (C=O) groups excluding carboxylic acids is 1. The van der Waals surface area contributed by atoms with Crippen LogP contribution in [0.1, 0.15) is 11.1 Å². The number of para-hydroxylation sites is 1. The molecule has 0 aliphatic carbocycles. The number of carbonyl (C=O) groups is 1. The molecule has 21 heavy (non-hydrogen) atoms. The molecule has 1 amide bonds. The predicted octanol–water partition coefficient (Wildman–Crippen LogP) is 2.01. The fourth-order valence-corrected chi connectivity index (χ4v) is 1.81. The van der Waals surface area contributed by atoms with Crippen molar-refractivity contribution in [3.05, 3.63) is 65.5 Å². The molecule has 5 heteroatoms. The van der Waals surface area contributed by atoms with Gasteiger partial charge in [-0.05, 0) is 12.1 Å². The van der Waals surface area contributed by atoms with Gasteiger partial charge in [0, 0.05) is 17.7 Å². The Bertz CT molecular complexity index is 616. The average molecular weight is 289 g/mol. The van der Waals surface area contributed by atoms with E-state index >= 15 is 0 Å². The first kappa shape index (κ1) is 15.0. The van der Waals surface area contributed by atoms with E-state index in [-0.39, 0.29) is 31.5 Å². The second kappa shape index (κ2) is 7.40. The molecule has 4 nitrogen and oxygen atoms in total. The quantitative estimate of drug-likeness (QED) is 0.855. The molecular weight excluding hydrogens is 273 g/mol. The first-order chi connectivity index (χ1) is 10.2. The number of ether oxygens (including phenoxy) is 1. The van der Waals surface area contributed by atoms with Crippen LogP contribution in [0.15, 0.2) is 48.5 Å². The van der Waals surface area contributed by atoms with Gasteiger partial charge in [0.25, 0.3) is 5.91 Å². The summed E-state index contributed by atoms with van der Waals surface area (Å²) < 4.78 is 18.7. The third-order valence-corrected chi connectivity index (χ3v) is 2.94. The highest BCUT2D eigenvalue weighted by Crippen LogP contribution is 2.17. The lowest BCUT2D eigenvalue weighted by atomic mass is 10.2. The summed E-state index contributed by atoms with van der Waals surface area (Å²) in [6, 6.07) is 13.2. The van der Waals surface area contributed by atoms with Crippen LogP contribution < -0.4 is 10.1 Å². The van der Waals surface area contributed by atoms with Crippen LogP contribution in [0.3, 0.4) is 0 Å². The SMILES string of the molecule is O=C(COc1ccccc1CO)NCc1ccccc1F. The second-order valence-electron chi connectivity index (χ2n) is 4.42. The van der Waals surface area contributed by atoms with E-state index in [2.05, 4.69) is 5.32 Å². The zero-order chi connectivity index (χ0) is 15.1. The minimum Gasteiger partial charge on any atom is -0.483 e. The van der Waals surface area contributed by atoms with Crippen molar-refractivity contribution in [2.24, 2.45) is 0 Å². The molecule has 0 unspecified atom stereocenters. The smallest absolute Gasteiger partial charge is 0.258 e. The minimum atomic E-state index is -0.357. The van der Waals surface area contributed by atoms with Crippen molar-refractivity contribution in [2.45, 2.75) is 13.2 Å². The Kier molecular flexibility index (Phi) is 5.29. The maximum atomic E-state index is 13.4. The zero-order valence-electron chi connectivity index (χ0n) is 11.4. The van der Waals surface area contributed by atoms with E-state index in [9.17, 15) is 9.18 Å². The lowest BCUT2D eigenvalue weighted by molar-refractivity contribution is -0.123. The highest BCUT2D eigenvalue weighted by Gasteiger charge is 2.07. The van der Waals surface area contributed by atoms with Crippen molar-refractivity contribution in [1.82, 2.24) is 5.32 Å². The van der Waals surface area contributed by atoms with E-state index in [1.807, 2.05) is 0 Å². The van der Waals surface area contributed by atoms with Gasteiger partial charge in [-0.1, -0.05) is 36.4 Å². The van der Waals surface area contributed by atoms with Gasteiger partial charge in [-0.15, -0.1) is 0 Å². The van der Waals surface area contributed by atoms with Gasteiger partial charge in [0.1, 0.15) is 11.6 Å². The fraction of sp³-hybridized carbons (Fsp3) is 0.188. The van der Waals surface area contributed by atoms with E-state index in [1.54, 1.807) is 42.5 Å². The van der Waals surface area contributed by atoms with E-state index in [4.69, 9.17) is 9.84 Å². The molecular formula is C16H16FNO3. The molecule has 2 aromatic rings. The van der Waals surface area contributed by atoms with Crippen LogP contribution in [0.4, 0.5) is 4.39 Å². The fourth-order valence-electron chi connectivity index (χ4n) is 1.81. The molecule has 0 aliphatic rings. The summed E-state index contributed by atoms with van der Waals surface area (Å²) >= 11 is 0. The molecule has 0 spiro atoms. The Labute approximate surface area is 122 Å². The lowest BCUT2D eigenvalue weighted by Gasteiger charge is -2.10. The molecule has 2 N–H and O–H groups in total. The average Bonchev–Trinajstić information content (AvgIpc) is 2.52. The number of nitrogens with one attached hydrogen (secondary N) is 1. The predicted molar refractivity (Wildman–Crippen MR) is 76.1 cm³/mol. The summed E-state index contributed by atoms with van der Waals surface area (Å²) in [4.78, 5) is 11.7. The molecule has 0 aliphatic heterocycles. The van der Waals surface area contributed by atoms with E-state index < -0.39 is 0 Å². The van der Waals surface area contributed by atoms with Crippen LogP contribution in [-0.4, -0.2) is 17.6 Å². The van der Waals surface area contributed by atoms with Gasteiger partial charge in [0.05, 0.1) is 6.61 Å². The van der Waals surface area contributed by atoms with Crippen molar-refractivity contribution < 1.29 is 19.0 Å². The summed E-state index contributed by atoms with van der Waals surface area (Å²) in [6.07, 6.45) is 0. The molecule has 0 saturated carbocycles. The minimum absolute atomic E-state index is 0.108. The third-order valence-electron chi connectivity index (χ3n) is 2.94. The molecule has 2 rings (SSSR count). The Morgan fingerprint density at radius 2 is 1.76 bits per heavy atom. The van der Waals surface area contributed by atoms with E-state index in [0.29, 0.717) is 16.9 Å². The second-order valence-corrected chi connectivity index (χ2v) is 4.42. The van der Waals surface area contributed by atoms with Crippen molar-refractivity contribution in [3.8, 4) is 5.75 Å². The van der Waals surface area contributed by atoms with Gasteiger partial charge in [0.15, 0.2) is 6.61 Å². The van der Waals surface area contributed by atoms with Crippen molar-refractivity contribution >= 4 is 5.91 Å². The number of aliphatic hydroxyl groups excluding tert-OH is 1. The lowest BCUT2D eigenvalue weighted by Crippen LogP contribution is -2.28. The van der Waals surface area contributed by atoms with Crippen molar-refractivity contribution in [2.75, 3.05) is 6.61 Å². The van der Waals surface area contributed by atoms with Gasteiger partial charge in [0.2, 0.25) is 0 Å². The number of rotatable bonds is 6. The van der Waals surface area contributed by atoms with Crippen LogP contribution in [0.25, 0.3) is 0 Å². The Hall–Kier alpha value is -2.40. The normalized spacial score (nSPS) is 10.2. The zero-order valence-corrected chi connectivity index (χ0v) is 11.4. The highest BCUT2D eigenvalue weighted by molar-refractivity contribution is 5.77. The van der Waals surface area contributed by atoms with Gasteiger partial charge >= 0.3 is 0 Å². The van der Waals surface area contributed by atoms with Crippen molar-refractivity contribution in [3.63, 3.8) is 0 Å². The topological polar surface area (TPSA) is 58.6 Å². The third kappa shape index (κ3) is 4.29. The molecule has 0 radical (unpaired) electrons. The summed E-state index contributed by atoms with van der Waals surface area (Å²) in [6.45, 7) is -0.241. The number of hydrogen-bond acceptors (Lipinski definition) is 3. The molecule has 0 fully saturated rings. The molecule has 110 valence electrons. The monoisotopic (exact) mass is 289 g/mol. The van der Waals surface area contributed by atoms with Crippen LogP contribution in [0, 0.1) is 5.82 Å². The Balaban J connectivity index is 1.84. The number of hydrogen-bond donors (Lipinski definition) is 2. The van der Waals surface area contributed by atoms with Crippen LogP contribution in [0.2, 0.25) is 0 Å². The number of amides is 1. The largest absolute Gasteiger partial charge is 0.483 e. The number of benzene rings is 2. The molecule has 0 atom stereocenters. The summed E-state index contributed by atoms with van der Waals surface area (Å²) in [5.41, 5.74) is 1.03. The summed E-state index contributed by atoms with van der Waals surface area (Å²) in [5.74, 6) is -0.253. The first-order valence-electron chi connectivity index (χ1n) is 6.52. The molecule has 0 heterocycles. The van der Waals surface area contributed by atoms with Gasteiger partial charge < -0.3 is 15.2 Å². The molecule has 0 saturated heterocycles. The van der Waals surface area contributed by atoms with Crippen LogP contribution in [0.5, 0.6) is 5.75 Å². The number of halogens is 1. The Morgan fingerprint density at radius 1 is 1.10 bits per heavy atom. The first-order valence-corrected chi connectivity index (χ1v) is 6.52.